The normalized spacial score (nSPS) is 12.7. The Kier molecular flexibility index (Phi) is 5.97. The van der Waals surface area contributed by atoms with Crippen molar-refractivity contribution in [1.82, 2.24) is 0 Å². The van der Waals surface area contributed by atoms with Gasteiger partial charge in [-0.1, -0.05) is 23.7 Å². The second-order valence-electron chi connectivity index (χ2n) is 5.78. The van der Waals surface area contributed by atoms with E-state index in [0.29, 0.717) is 10.6 Å². The summed E-state index contributed by atoms with van der Waals surface area (Å²) in [6.45, 7) is 0. The Morgan fingerprint density at radius 3 is 2.26 bits per heavy atom. The lowest BCUT2D eigenvalue weighted by Crippen LogP contribution is -2.07. The molecule has 0 aliphatic rings. The van der Waals surface area contributed by atoms with E-state index in [0.717, 1.165) is 17.0 Å². The third-order valence-corrected chi connectivity index (χ3v) is 5.39. The van der Waals surface area contributed by atoms with Gasteiger partial charge in [0.2, 0.25) is 0 Å². The molecule has 0 aliphatic carbocycles. The highest BCUT2D eigenvalue weighted by atomic mass is 35.5. The Labute approximate surface area is 163 Å². The van der Waals surface area contributed by atoms with Crippen molar-refractivity contribution in [2.75, 3.05) is 0 Å². The van der Waals surface area contributed by atoms with E-state index in [2.05, 4.69) is 0 Å². The van der Waals surface area contributed by atoms with Crippen LogP contribution in [0.5, 0.6) is 0 Å². The number of Topliss-reactive ketones (excluding diaryl/α,β-unsaturated/α-hetero) is 1. The predicted molar refractivity (Wildman–Crippen MR) is 99.1 cm³/mol. The van der Waals surface area contributed by atoms with Crippen LogP contribution in [0.25, 0.3) is 0 Å². The molecule has 3 aromatic rings. The summed E-state index contributed by atoms with van der Waals surface area (Å²) >= 11 is 7.28. The summed E-state index contributed by atoms with van der Waals surface area (Å²) in [4.78, 5) is 13.3. The number of furan rings is 1. The van der Waals surface area contributed by atoms with E-state index >= 15 is 0 Å². The summed E-state index contributed by atoms with van der Waals surface area (Å²) < 4.78 is 43.6. The summed E-state index contributed by atoms with van der Waals surface area (Å²) in [5, 5.41) is 0.211. The number of carbonyl (C=O) groups is 1. The Bertz CT molecular complexity index is 888. The molecule has 0 saturated heterocycles. The molecule has 27 heavy (non-hydrogen) atoms. The van der Waals surface area contributed by atoms with Gasteiger partial charge in [0.25, 0.3) is 0 Å². The Hall–Kier alpha value is -2.18. The molecule has 2 nitrogen and oxygen atoms in total. The summed E-state index contributed by atoms with van der Waals surface area (Å²) in [6, 6.07) is 15.1. The number of halogens is 4. The molecule has 0 saturated carbocycles. The fourth-order valence-electron chi connectivity index (χ4n) is 2.50. The first-order valence-electron chi connectivity index (χ1n) is 7.99. The van der Waals surface area contributed by atoms with E-state index in [9.17, 15) is 18.0 Å². The van der Waals surface area contributed by atoms with Crippen LogP contribution in [0, 0.1) is 0 Å². The topological polar surface area (TPSA) is 30.2 Å². The maximum Gasteiger partial charge on any atom is 0.416 e. The van der Waals surface area contributed by atoms with E-state index in [1.807, 2.05) is 0 Å². The lowest BCUT2D eigenvalue weighted by Gasteiger charge is -2.17. The van der Waals surface area contributed by atoms with Crippen molar-refractivity contribution >= 4 is 29.1 Å². The number of hydrogen-bond acceptors (Lipinski definition) is 3. The minimum absolute atomic E-state index is 0.0895. The van der Waals surface area contributed by atoms with Gasteiger partial charge in [-0.05, 0) is 54.1 Å². The standard InChI is InChI=1S/C20H14ClF3O2S/c21-15-7-9-16(10-8-15)27-19(12-17(25)18-2-1-11-26-18)13-3-5-14(6-4-13)20(22,23)24/h1-11,19H,12H2/t19-/m1/s1. The molecule has 2 aromatic carbocycles. The quantitative estimate of drug-likeness (QED) is 0.322. The first-order valence-corrected chi connectivity index (χ1v) is 9.25. The zero-order valence-corrected chi connectivity index (χ0v) is 15.4. The zero-order chi connectivity index (χ0) is 19.4. The molecule has 0 aliphatic heterocycles. The molecule has 0 fully saturated rings. The molecular formula is C20H14ClF3O2S. The molecule has 0 amide bonds. The van der Waals surface area contributed by atoms with Gasteiger partial charge in [-0.2, -0.15) is 13.2 Å². The second kappa shape index (κ2) is 8.23. The average molecular weight is 411 g/mol. The lowest BCUT2D eigenvalue weighted by molar-refractivity contribution is -0.137. The molecule has 0 bridgehead atoms. The summed E-state index contributed by atoms with van der Waals surface area (Å²) in [7, 11) is 0. The molecule has 0 unspecified atom stereocenters. The van der Waals surface area contributed by atoms with Crippen molar-refractivity contribution in [2.45, 2.75) is 22.7 Å². The smallest absolute Gasteiger partial charge is 0.416 e. The Balaban J connectivity index is 1.86. The maximum atomic E-state index is 12.8. The molecule has 7 heteroatoms. The first kappa shape index (κ1) is 19.6. The molecule has 0 radical (unpaired) electrons. The van der Waals surface area contributed by atoms with Crippen molar-refractivity contribution in [1.29, 1.82) is 0 Å². The van der Waals surface area contributed by atoms with Crippen molar-refractivity contribution in [3.63, 3.8) is 0 Å². The minimum atomic E-state index is -4.40. The van der Waals surface area contributed by atoms with Crippen LogP contribution >= 0.6 is 23.4 Å². The van der Waals surface area contributed by atoms with Crippen LogP contribution in [0.1, 0.15) is 33.4 Å². The van der Waals surface area contributed by atoms with Crippen molar-refractivity contribution in [3.8, 4) is 0 Å². The van der Waals surface area contributed by atoms with Crippen LogP contribution in [0.4, 0.5) is 13.2 Å². The summed E-state index contributed by atoms with van der Waals surface area (Å²) in [5.41, 5.74) is -0.0956. The van der Waals surface area contributed by atoms with Gasteiger partial charge in [0.15, 0.2) is 11.5 Å². The fraction of sp³-hybridized carbons (Fsp3) is 0.150. The van der Waals surface area contributed by atoms with Crippen molar-refractivity contribution < 1.29 is 22.4 Å². The van der Waals surface area contributed by atoms with Crippen LogP contribution in [-0.4, -0.2) is 5.78 Å². The molecule has 0 spiro atoms. The third kappa shape index (κ3) is 5.17. The first-order chi connectivity index (χ1) is 12.8. The number of hydrogen-bond donors (Lipinski definition) is 0. The van der Waals surface area contributed by atoms with E-state index in [1.54, 1.807) is 36.4 Å². The SMILES string of the molecule is O=C(C[C@@H](Sc1ccc(Cl)cc1)c1ccc(C(F)(F)F)cc1)c1ccco1. The molecular weight excluding hydrogens is 397 g/mol. The van der Waals surface area contributed by atoms with Crippen LogP contribution < -0.4 is 0 Å². The Morgan fingerprint density at radius 2 is 1.70 bits per heavy atom. The van der Waals surface area contributed by atoms with Crippen molar-refractivity contribution in [2.24, 2.45) is 0 Å². The van der Waals surface area contributed by atoms with E-state index in [-0.39, 0.29) is 23.2 Å². The average Bonchev–Trinajstić information content (AvgIpc) is 3.17. The zero-order valence-electron chi connectivity index (χ0n) is 13.9. The number of ketones is 1. The largest absolute Gasteiger partial charge is 0.461 e. The third-order valence-electron chi connectivity index (χ3n) is 3.87. The van der Waals surface area contributed by atoms with E-state index in [4.69, 9.17) is 16.0 Å². The lowest BCUT2D eigenvalue weighted by atomic mass is 10.0. The Morgan fingerprint density at radius 1 is 1.04 bits per heavy atom. The fourth-order valence-corrected chi connectivity index (χ4v) is 3.77. The number of alkyl halides is 3. The van der Waals surface area contributed by atoms with Gasteiger partial charge >= 0.3 is 6.18 Å². The molecule has 1 heterocycles. The molecule has 3 rings (SSSR count). The monoisotopic (exact) mass is 410 g/mol. The minimum Gasteiger partial charge on any atom is -0.461 e. The van der Waals surface area contributed by atoms with Gasteiger partial charge in [0.05, 0.1) is 11.8 Å². The predicted octanol–water partition coefficient (Wildman–Crippen LogP) is 7.06. The van der Waals surface area contributed by atoms with E-state index in [1.165, 1.54) is 30.2 Å². The summed E-state index contributed by atoms with van der Waals surface area (Å²) in [5.74, 6) is 0.00924. The second-order valence-corrected chi connectivity index (χ2v) is 7.50. The van der Waals surface area contributed by atoms with Gasteiger partial charge in [-0.25, -0.2) is 0 Å². The van der Waals surface area contributed by atoms with Gasteiger partial charge < -0.3 is 4.42 Å². The van der Waals surface area contributed by atoms with Gasteiger partial charge in [-0.15, -0.1) is 11.8 Å². The number of carbonyl (C=O) groups excluding carboxylic acids is 1. The van der Waals surface area contributed by atoms with Crippen LogP contribution in [0.2, 0.25) is 5.02 Å². The van der Waals surface area contributed by atoms with Crippen LogP contribution in [-0.2, 0) is 6.18 Å². The highest BCUT2D eigenvalue weighted by Crippen LogP contribution is 2.40. The van der Waals surface area contributed by atoms with Gasteiger partial charge in [-0.3, -0.25) is 4.79 Å². The number of benzene rings is 2. The van der Waals surface area contributed by atoms with Gasteiger partial charge in [0, 0.05) is 21.6 Å². The maximum absolute atomic E-state index is 12.8. The molecule has 1 atom stereocenters. The summed E-state index contributed by atoms with van der Waals surface area (Å²) in [6.07, 6.45) is -2.90. The van der Waals surface area contributed by atoms with Crippen molar-refractivity contribution in [3.05, 3.63) is 88.8 Å². The molecule has 0 N–H and O–H groups in total. The molecule has 140 valence electrons. The van der Waals surface area contributed by atoms with Crippen LogP contribution in [0.15, 0.2) is 76.2 Å². The van der Waals surface area contributed by atoms with Crippen LogP contribution in [0.3, 0.4) is 0 Å². The number of rotatable bonds is 6. The highest BCUT2D eigenvalue weighted by molar-refractivity contribution is 7.99. The van der Waals surface area contributed by atoms with E-state index < -0.39 is 11.7 Å². The molecule has 1 aromatic heterocycles. The highest BCUT2D eigenvalue weighted by Gasteiger charge is 2.30. The van der Waals surface area contributed by atoms with Gasteiger partial charge in [0.1, 0.15) is 0 Å². The number of thioether (sulfide) groups is 1.